The van der Waals surface area contributed by atoms with Crippen molar-refractivity contribution in [3.8, 4) is 0 Å². The standard InChI is InChI=1S/C9H17NO4.ClH/c1-4-14-7(11)5-10-8(6(2)3)9(12)13;/h6,8,10H,4-5H2,1-3H3,(H,12,13);1H. The molecular weight excluding hydrogens is 222 g/mol. The first-order valence-electron chi connectivity index (χ1n) is 4.60. The van der Waals surface area contributed by atoms with E-state index in [-0.39, 0.29) is 24.9 Å². The number of carbonyl (C=O) groups is 2. The van der Waals surface area contributed by atoms with Gasteiger partial charge in [-0.25, -0.2) is 0 Å². The zero-order valence-electron chi connectivity index (χ0n) is 9.15. The van der Waals surface area contributed by atoms with Crippen LogP contribution in [0.2, 0.25) is 0 Å². The molecule has 2 N–H and O–H groups in total. The van der Waals surface area contributed by atoms with E-state index >= 15 is 0 Å². The highest BCUT2D eigenvalue weighted by atomic mass is 35.5. The predicted octanol–water partition coefficient (Wildman–Crippen LogP) is 0.670. The third kappa shape index (κ3) is 7.16. The van der Waals surface area contributed by atoms with E-state index in [0.29, 0.717) is 6.61 Å². The van der Waals surface area contributed by atoms with E-state index in [1.807, 2.05) is 0 Å². The molecule has 0 saturated carbocycles. The highest BCUT2D eigenvalue weighted by Crippen LogP contribution is 2.00. The second-order valence-electron chi connectivity index (χ2n) is 3.25. The maximum atomic E-state index is 10.9. The molecule has 0 aromatic heterocycles. The van der Waals surface area contributed by atoms with Crippen molar-refractivity contribution in [1.29, 1.82) is 0 Å². The van der Waals surface area contributed by atoms with Crippen LogP contribution >= 0.6 is 12.4 Å². The van der Waals surface area contributed by atoms with Crippen LogP contribution in [0.1, 0.15) is 20.8 Å². The van der Waals surface area contributed by atoms with Crippen LogP contribution in [-0.4, -0.2) is 36.2 Å². The fourth-order valence-electron chi connectivity index (χ4n) is 1.01. The molecule has 1 unspecified atom stereocenters. The van der Waals surface area contributed by atoms with Gasteiger partial charge in [-0.2, -0.15) is 0 Å². The zero-order valence-corrected chi connectivity index (χ0v) is 9.97. The number of carbonyl (C=O) groups excluding carboxylic acids is 1. The van der Waals surface area contributed by atoms with Gasteiger partial charge in [-0.1, -0.05) is 13.8 Å². The van der Waals surface area contributed by atoms with E-state index in [0.717, 1.165) is 0 Å². The molecule has 6 heteroatoms. The van der Waals surface area contributed by atoms with Gasteiger partial charge in [-0.15, -0.1) is 12.4 Å². The van der Waals surface area contributed by atoms with Crippen LogP contribution in [0.4, 0.5) is 0 Å². The van der Waals surface area contributed by atoms with Crippen molar-refractivity contribution < 1.29 is 19.4 Å². The van der Waals surface area contributed by atoms with Gasteiger partial charge >= 0.3 is 11.9 Å². The van der Waals surface area contributed by atoms with Gasteiger partial charge in [-0.05, 0) is 12.8 Å². The molecule has 1 atom stereocenters. The number of carboxylic acids is 1. The number of ether oxygens (including phenoxy) is 1. The summed E-state index contributed by atoms with van der Waals surface area (Å²) in [4.78, 5) is 21.6. The number of hydrogen-bond donors (Lipinski definition) is 2. The summed E-state index contributed by atoms with van der Waals surface area (Å²) in [5, 5.41) is 11.4. The number of halogens is 1. The number of hydrogen-bond acceptors (Lipinski definition) is 4. The number of aliphatic carboxylic acids is 1. The van der Waals surface area contributed by atoms with Crippen molar-refractivity contribution in [3.63, 3.8) is 0 Å². The molecule has 15 heavy (non-hydrogen) atoms. The van der Waals surface area contributed by atoms with Crippen LogP contribution in [0.15, 0.2) is 0 Å². The molecule has 0 bridgehead atoms. The van der Waals surface area contributed by atoms with E-state index < -0.39 is 18.0 Å². The monoisotopic (exact) mass is 239 g/mol. The Labute approximate surface area is 95.6 Å². The first kappa shape index (κ1) is 16.6. The summed E-state index contributed by atoms with van der Waals surface area (Å²) in [5.74, 6) is -1.45. The third-order valence-electron chi connectivity index (χ3n) is 1.70. The minimum Gasteiger partial charge on any atom is -0.480 e. The van der Waals surface area contributed by atoms with Crippen molar-refractivity contribution in [3.05, 3.63) is 0 Å². The van der Waals surface area contributed by atoms with Crippen molar-refractivity contribution in [2.45, 2.75) is 26.8 Å². The van der Waals surface area contributed by atoms with Gasteiger partial charge in [-0.3, -0.25) is 14.9 Å². The van der Waals surface area contributed by atoms with Crippen molar-refractivity contribution in [2.75, 3.05) is 13.2 Å². The number of esters is 1. The average molecular weight is 240 g/mol. The van der Waals surface area contributed by atoms with Crippen LogP contribution in [0.25, 0.3) is 0 Å². The van der Waals surface area contributed by atoms with E-state index in [2.05, 4.69) is 10.1 Å². The van der Waals surface area contributed by atoms with Gasteiger partial charge in [0.25, 0.3) is 0 Å². The molecule has 0 aliphatic carbocycles. The van der Waals surface area contributed by atoms with Crippen LogP contribution < -0.4 is 5.32 Å². The van der Waals surface area contributed by atoms with Gasteiger partial charge < -0.3 is 9.84 Å². The van der Waals surface area contributed by atoms with Gasteiger partial charge in [0, 0.05) is 0 Å². The van der Waals surface area contributed by atoms with Crippen molar-refractivity contribution >= 4 is 24.3 Å². The Hall–Kier alpha value is -0.810. The Kier molecular flexibility index (Phi) is 9.41. The zero-order chi connectivity index (χ0) is 11.1. The molecule has 0 saturated heterocycles. The summed E-state index contributed by atoms with van der Waals surface area (Å²) in [6, 6.07) is -0.709. The lowest BCUT2D eigenvalue weighted by atomic mass is 10.1. The molecule has 0 amide bonds. The number of nitrogens with one attached hydrogen (secondary N) is 1. The van der Waals surface area contributed by atoms with E-state index in [1.54, 1.807) is 20.8 Å². The smallest absolute Gasteiger partial charge is 0.320 e. The summed E-state index contributed by atoms with van der Waals surface area (Å²) in [7, 11) is 0. The molecule has 0 radical (unpaired) electrons. The molecular formula is C9H18ClNO4. The van der Waals surface area contributed by atoms with Crippen molar-refractivity contribution in [1.82, 2.24) is 5.32 Å². The SMILES string of the molecule is CCOC(=O)CNC(C(=O)O)C(C)C.Cl. The van der Waals surface area contributed by atoms with E-state index in [9.17, 15) is 9.59 Å². The normalized spacial score (nSPS) is 11.7. The maximum Gasteiger partial charge on any atom is 0.320 e. The summed E-state index contributed by atoms with van der Waals surface area (Å²) < 4.78 is 4.66. The van der Waals surface area contributed by atoms with Gasteiger partial charge in [0.15, 0.2) is 0 Å². The topological polar surface area (TPSA) is 75.6 Å². The fraction of sp³-hybridized carbons (Fsp3) is 0.778. The molecule has 0 aliphatic rings. The van der Waals surface area contributed by atoms with E-state index in [4.69, 9.17) is 5.11 Å². The number of carboxylic acid groups (broad SMARTS) is 1. The maximum absolute atomic E-state index is 10.9. The highest BCUT2D eigenvalue weighted by Gasteiger charge is 2.21. The molecule has 0 fully saturated rings. The minimum atomic E-state index is -0.954. The average Bonchev–Trinajstić information content (AvgIpc) is 2.03. The Morgan fingerprint density at radius 1 is 1.40 bits per heavy atom. The molecule has 0 aromatic rings. The lowest BCUT2D eigenvalue weighted by Gasteiger charge is -2.16. The second kappa shape index (κ2) is 8.49. The lowest BCUT2D eigenvalue weighted by molar-refractivity contribution is -0.143. The number of rotatable bonds is 6. The molecule has 0 heterocycles. The predicted molar refractivity (Wildman–Crippen MR) is 58.1 cm³/mol. The molecule has 0 aliphatic heterocycles. The van der Waals surface area contributed by atoms with Crippen LogP contribution in [0.3, 0.4) is 0 Å². The van der Waals surface area contributed by atoms with Crippen LogP contribution in [-0.2, 0) is 14.3 Å². The minimum absolute atomic E-state index is 0. The van der Waals surface area contributed by atoms with Crippen LogP contribution in [0, 0.1) is 5.92 Å². The molecule has 0 rings (SSSR count). The van der Waals surface area contributed by atoms with Crippen LogP contribution in [0.5, 0.6) is 0 Å². The Balaban J connectivity index is 0. The lowest BCUT2D eigenvalue weighted by Crippen LogP contribution is -2.43. The molecule has 0 spiro atoms. The quantitative estimate of drug-likeness (QED) is 0.667. The second-order valence-corrected chi connectivity index (χ2v) is 3.25. The molecule has 90 valence electrons. The highest BCUT2D eigenvalue weighted by molar-refractivity contribution is 5.85. The molecule has 5 nitrogen and oxygen atoms in total. The van der Waals surface area contributed by atoms with E-state index in [1.165, 1.54) is 0 Å². The summed E-state index contributed by atoms with van der Waals surface area (Å²) in [6.45, 7) is 5.49. The van der Waals surface area contributed by atoms with Crippen molar-refractivity contribution in [2.24, 2.45) is 5.92 Å². The van der Waals surface area contributed by atoms with Gasteiger partial charge in [0.2, 0.25) is 0 Å². The summed E-state index contributed by atoms with van der Waals surface area (Å²) >= 11 is 0. The Bertz CT molecular complexity index is 208. The Morgan fingerprint density at radius 3 is 2.27 bits per heavy atom. The Morgan fingerprint density at radius 2 is 1.93 bits per heavy atom. The third-order valence-corrected chi connectivity index (χ3v) is 1.70. The summed E-state index contributed by atoms with van der Waals surface area (Å²) in [6.07, 6.45) is 0. The summed E-state index contributed by atoms with van der Waals surface area (Å²) in [5.41, 5.74) is 0. The largest absolute Gasteiger partial charge is 0.480 e. The van der Waals surface area contributed by atoms with Gasteiger partial charge in [0.05, 0.1) is 13.2 Å². The molecule has 0 aromatic carbocycles. The first-order chi connectivity index (χ1) is 6.49. The first-order valence-corrected chi connectivity index (χ1v) is 4.60. The fourth-order valence-corrected chi connectivity index (χ4v) is 1.01. The van der Waals surface area contributed by atoms with Gasteiger partial charge in [0.1, 0.15) is 6.04 Å².